The molecule has 134 valence electrons. The van der Waals surface area contributed by atoms with Gasteiger partial charge in [-0.1, -0.05) is 11.6 Å². The van der Waals surface area contributed by atoms with E-state index in [-0.39, 0.29) is 18.2 Å². The largest absolute Gasteiger partial charge is 0.495 e. The Bertz CT molecular complexity index is 580. The number of hydrogen-bond acceptors (Lipinski definition) is 5. The van der Waals surface area contributed by atoms with Crippen LogP contribution in [0.5, 0.6) is 11.5 Å². The van der Waals surface area contributed by atoms with Crippen molar-refractivity contribution in [1.29, 1.82) is 0 Å². The third-order valence-electron chi connectivity index (χ3n) is 3.37. The van der Waals surface area contributed by atoms with Crippen molar-refractivity contribution in [2.24, 2.45) is 0 Å². The topological polar surface area (TPSA) is 77.1 Å². The Kier molecular flexibility index (Phi) is 8.35. The Hall–Kier alpha value is -1.99. The third-order valence-corrected chi connectivity index (χ3v) is 3.66. The lowest BCUT2D eigenvalue weighted by molar-refractivity contribution is -0.130. The van der Waals surface area contributed by atoms with Crippen LogP contribution in [0, 0.1) is 0 Å². The molecule has 7 nitrogen and oxygen atoms in total. The fourth-order valence-electron chi connectivity index (χ4n) is 2.04. The molecule has 0 radical (unpaired) electrons. The molecule has 8 heteroatoms. The van der Waals surface area contributed by atoms with Crippen molar-refractivity contribution in [3.8, 4) is 11.5 Å². The highest BCUT2D eigenvalue weighted by molar-refractivity contribution is 6.32. The van der Waals surface area contributed by atoms with Gasteiger partial charge in [-0.15, -0.1) is 0 Å². The molecule has 2 amide bonds. The molecule has 0 bridgehead atoms. The minimum atomic E-state index is -0.249. The molecule has 0 fully saturated rings. The van der Waals surface area contributed by atoms with Crippen molar-refractivity contribution in [3.63, 3.8) is 0 Å². The number of nitrogens with zero attached hydrogens (tertiary/aromatic N) is 1. The van der Waals surface area contributed by atoms with Gasteiger partial charge in [-0.05, 0) is 0 Å². The van der Waals surface area contributed by atoms with Crippen LogP contribution in [-0.4, -0.2) is 57.7 Å². The number of carbonyl (C=O) groups excluding carboxylic acids is 2. The molecule has 1 aromatic rings. The lowest BCUT2D eigenvalue weighted by Crippen LogP contribution is -2.34. The van der Waals surface area contributed by atoms with E-state index < -0.39 is 0 Å². The summed E-state index contributed by atoms with van der Waals surface area (Å²) in [6, 6.07) is 3.16. The number of halogens is 1. The van der Waals surface area contributed by atoms with Gasteiger partial charge in [-0.25, -0.2) is 0 Å². The van der Waals surface area contributed by atoms with E-state index in [1.165, 1.54) is 21.1 Å². The molecule has 24 heavy (non-hydrogen) atoms. The summed E-state index contributed by atoms with van der Waals surface area (Å²) in [4.78, 5) is 25.2. The van der Waals surface area contributed by atoms with E-state index in [1.807, 2.05) is 0 Å². The molecule has 0 heterocycles. The number of nitrogens with one attached hydrogen (secondary N) is 1. The highest BCUT2D eigenvalue weighted by Gasteiger charge is 2.14. The van der Waals surface area contributed by atoms with Gasteiger partial charge in [-0.2, -0.15) is 0 Å². The molecule has 0 spiro atoms. The number of carbonyl (C=O) groups is 2. The maximum atomic E-state index is 12.2. The molecule has 0 aliphatic heterocycles. The van der Waals surface area contributed by atoms with Gasteiger partial charge in [0.05, 0.1) is 31.5 Å². The van der Waals surface area contributed by atoms with Crippen molar-refractivity contribution < 1.29 is 23.8 Å². The second kappa shape index (κ2) is 10.00. The SMILES string of the molecule is COCCN(CCC(=O)Nc1cc(OC)c(Cl)cc1OC)C(C)=O. The van der Waals surface area contributed by atoms with E-state index >= 15 is 0 Å². The molecule has 1 N–H and O–H groups in total. The van der Waals surface area contributed by atoms with E-state index in [4.69, 9.17) is 25.8 Å². The van der Waals surface area contributed by atoms with Crippen LogP contribution in [0.4, 0.5) is 5.69 Å². The minimum absolute atomic E-state index is 0.106. The first-order valence-electron chi connectivity index (χ1n) is 7.38. The number of methoxy groups -OCH3 is 3. The number of ether oxygens (including phenoxy) is 3. The van der Waals surface area contributed by atoms with Crippen LogP contribution in [-0.2, 0) is 14.3 Å². The molecule has 0 aliphatic carbocycles. The maximum Gasteiger partial charge on any atom is 0.226 e. The van der Waals surface area contributed by atoms with Crippen LogP contribution >= 0.6 is 11.6 Å². The molecule has 1 aromatic carbocycles. The van der Waals surface area contributed by atoms with E-state index in [0.717, 1.165) is 0 Å². The Labute approximate surface area is 146 Å². The molecule has 0 atom stereocenters. The predicted molar refractivity (Wildman–Crippen MR) is 91.9 cm³/mol. The Morgan fingerprint density at radius 3 is 2.33 bits per heavy atom. The van der Waals surface area contributed by atoms with Crippen molar-refractivity contribution in [2.45, 2.75) is 13.3 Å². The van der Waals surface area contributed by atoms with Gasteiger partial charge in [0, 0.05) is 45.7 Å². The second-order valence-electron chi connectivity index (χ2n) is 4.98. The van der Waals surface area contributed by atoms with Gasteiger partial charge in [-0.3, -0.25) is 9.59 Å². The fourth-order valence-corrected chi connectivity index (χ4v) is 2.27. The Balaban J connectivity index is 2.72. The molecule has 0 saturated carbocycles. The first-order valence-corrected chi connectivity index (χ1v) is 7.76. The van der Waals surface area contributed by atoms with Crippen LogP contribution in [0.2, 0.25) is 5.02 Å². The van der Waals surface area contributed by atoms with Crippen molar-refractivity contribution in [3.05, 3.63) is 17.2 Å². The van der Waals surface area contributed by atoms with Gasteiger partial charge in [0.1, 0.15) is 11.5 Å². The molecule has 0 aliphatic rings. The second-order valence-corrected chi connectivity index (χ2v) is 5.39. The summed E-state index contributed by atoms with van der Waals surface area (Å²) >= 11 is 6.03. The summed E-state index contributed by atoms with van der Waals surface area (Å²) < 4.78 is 15.3. The zero-order valence-electron chi connectivity index (χ0n) is 14.3. The van der Waals surface area contributed by atoms with Crippen LogP contribution in [0.1, 0.15) is 13.3 Å². The first-order chi connectivity index (χ1) is 11.4. The summed E-state index contributed by atoms with van der Waals surface area (Å²) in [5.41, 5.74) is 0.454. The number of hydrogen-bond donors (Lipinski definition) is 1. The summed E-state index contributed by atoms with van der Waals surface area (Å²) in [6.45, 7) is 2.62. The quantitative estimate of drug-likeness (QED) is 0.732. The number of anilines is 1. The average molecular weight is 359 g/mol. The molecule has 0 aromatic heterocycles. The molecule has 0 saturated heterocycles. The lowest BCUT2D eigenvalue weighted by Gasteiger charge is -2.20. The monoisotopic (exact) mass is 358 g/mol. The third kappa shape index (κ3) is 5.90. The standard InChI is InChI=1S/C16H23ClN2O5/c1-11(20)19(7-8-22-2)6-5-16(21)18-13-10-14(23-3)12(17)9-15(13)24-4/h9-10H,5-8H2,1-4H3,(H,18,21). The molecule has 0 unspecified atom stereocenters. The van der Waals surface area contributed by atoms with Crippen molar-refractivity contribution in [1.82, 2.24) is 4.90 Å². The van der Waals surface area contributed by atoms with Crippen LogP contribution in [0.15, 0.2) is 12.1 Å². The zero-order valence-corrected chi connectivity index (χ0v) is 15.1. The molecule has 1 rings (SSSR count). The Morgan fingerprint density at radius 1 is 1.12 bits per heavy atom. The van der Waals surface area contributed by atoms with E-state index in [0.29, 0.717) is 41.9 Å². The normalized spacial score (nSPS) is 10.2. The van der Waals surface area contributed by atoms with Crippen LogP contribution in [0.25, 0.3) is 0 Å². The highest BCUT2D eigenvalue weighted by Crippen LogP contribution is 2.35. The average Bonchev–Trinajstić information content (AvgIpc) is 2.55. The van der Waals surface area contributed by atoms with Gasteiger partial charge < -0.3 is 24.4 Å². The molecular formula is C16H23ClN2O5. The van der Waals surface area contributed by atoms with Crippen molar-refractivity contribution in [2.75, 3.05) is 46.3 Å². The van der Waals surface area contributed by atoms with Crippen LogP contribution < -0.4 is 14.8 Å². The summed E-state index contributed by atoms with van der Waals surface area (Å²) in [5, 5.41) is 3.13. The minimum Gasteiger partial charge on any atom is -0.495 e. The summed E-state index contributed by atoms with van der Waals surface area (Å²) in [5.74, 6) is 0.502. The fraction of sp³-hybridized carbons (Fsp3) is 0.500. The van der Waals surface area contributed by atoms with Crippen molar-refractivity contribution >= 4 is 29.1 Å². The van der Waals surface area contributed by atoms with Gasteiger partial charge in [0.2, 0.25) is 11.8 Å². The predicted octanol–water partition coefficient (Wildman–Crippen LogP) is 2.18. The number of benzene rings is 1. The van der Waals surface area contributed by atoms with Gasteiger partial charge in [0.15, 0.2) is 0 Å². The van der Waals surface area contributed by atoms with E-state index in [1.54, 1.807) is 24.1 Å². The molecular weight excluding hydrogens is 336 g/mol. The first kappa shape index (κ1) is 20.1. The summed E-state index contributed by atoms with van der Waals surface area (Å²) in [6.07, 6.45) is 0.150. The van der Waals surface area contributed by atoms with Gasteiger partial charge in [0.25, 0.3) is 0 Å². The zero-order chi connectivity index (χ0) is 18.1. The smallest absolute Gasteiger partial charge is 0.226 e. The summed E-state index contributed by atoms with van der Waals surface area (Å²) in [7, 11) is 4.53. The highest BCUT2D eigenvalue weighted by atomic mass is 35.5. The number of rotatable bonds is 9. The lowest BCUT2D eigenvalue weighted by atomic mass is 10.2. The maximum absolute atomic E-state index is 12.2. The number of amides is 2. The van der Waals surface area contributed by atoms with E-state index in [9.17, 15) is 9.59 Å². The van der Waals surface area contributed by atoms with Crippen LogP contribution in [0.3, 0.4) is 0 Å². The van der Waals surface area contributed by atoms with E-state index in [2.05, 4.69) is 5.32 Å². The Morgan fingerprint density at radius 2 is 1.79 bits per heavy atom. The van der Waals surface area contributed by atoms with Gasteiger partial charge >= 0.3 is 0 Å².